The van der Waals surface area contributed by atoms with Gasteiger partial charge in [0.1, 0.15) is 5.82 Å². The second-order valence-electron chi connectivity index (χ2n) is 9.71. The van der Waals surface area contributed by atoms with Gasteiger partial charge in [0, 0.05) is 24.1 Å². The van der Waals surface area contributed by atoms with Crippen LogP contribution in [0.3, 0.4) is 0 Å². The number of aromatic nitrogens is 2. The normalized spacial score (nSPS) is 20.0. The van der Waals surface area contributed by atoms with Crippen LogP contribution in [-0.2, 0) is 19.6 Å². The number of hydrogen-bond donors (Lipinski definition) is 1. The lowest BCUT2D eigenvalue weighted by atomic mass is 9.88. The van der Waals surface area contributed by atoms with E-state index in [0.29, 0.717) is 28.9 Å². The molecule has 0 saturated carbocycles. The standard InChI is InChI=1S/C25H32FN3O5S/c1-15(2)22-20(12-9-17-13-19(14-21(30)31)34-25(17,3)4)23(16-7-10-18(26)11-8-16)28-24(27-22)29(5)35(6,32)33/h7-12,15,17,19H,13-14H2,1-6H3,(H,30,31)/b12-9+. The van der Waals surface area contributed by atoms with Gasteiger partial charge in [0.2, 0.25) is 16.0 Å². The van der Waals surface area contributed by atoms with Gasteiger partial charge < -0.3 is 9.84 Å². The minimum atomic E-state index is -3.61. The summed E-state index contributed by atoms with van der Waals surface area (Å²) in [6, 6.07) is 5.83. The average molecular weight is 506 g/mol. The molecule has 0 spiro atoms. The molecule has 1 aliphatic heterocycles. The van der Waals surface area contributed by atoms with E-state index in [2.05, 4.69) is 9.97 Å². The van der Waals surface area contributed by atoms with Crippen LogP contribution in [0.4, 0.5) is 10.3 Å². The number of aliphatic carboxylic acids is 1. The molecule has 1 aromatic heterocycles. The Hall–Kier alpha value is -2.85. The summed E-state index contributed by atoms with van der Waals surface area (Å²) in [5.74, 6) is -1.41. The van der Waals surface area contributed by atoms with E-state index in [9.17, 15) is 17.6 Å². The summed E-state index contributed by atoms with van der Waals surface area (Å²) in [4.78, 5) is 20.3. The zero-order chi connectivity index (χ0) is 26.1. The average Bonchev–Trinajstić information content (AvgIpc) is 3.02. The van der Waals surface area contributed by atoms with Crippen molar-refractivity contribution in [2.45, 2.75) is 58.2 Å². The van der Waals surface area contributed by atoms with E-state index < -0.39 is 27.4 Å². The van der Waals surface area contributed by atoms with Crippen LogP contribution in [0.1, 0.15) is 57.7 Å². The lowest BCUT2D eigenvalue weighted by Crippen LogP contribution is -2.28. The summed E-state index contributed by atoms with van der Waals surface area (Å²) >= 11 is 0. The predicted molar refractivity (Wildman–Crippen MR) is 133 cm³/mol. The van der Waals surface area contributed by atoms with Crippen LogP contribution in [0.25, 0.3) is 17.3 Å². The zero-order valence-electron chi connectivity index (χ0n) is 20.8. The molecule has 2 unspecified atom stereocenters. The Bertz CT molecular complexity index is 1230. The van der Waals surface area contributed by atoms with Crippen molar-refractivity contribution >= 4 is 28.0 Å². The van der Waals surface area contributed by atoms with Crippen LogP contribution in [0, 0.1) is 11.7 Å². The molecule has 1 fully saturated rings. The van der Waals surface area contributed by atoms with E-state index in [4.69, 9.17) is 9.84 Å². The van der Waals surface area contributed by atoms with Crippen LogP contribution in [0.2, 0.25) is 0 Å². The number of carboxylic acids is 1. The van der Waals surface area contributed by atoms with Gasteiger partial charge in [-0.15, -0.1) is 0 Å². The summed E-state index contributed by atoms with van der Waals surface area (Å²) in [6.07, 6.45) is 5.03. The number of hydrogen-bond acceptors (Lipinski definition) is 6. The molecule has 2 atom stereocenters. The summed E-state index contributed by atoms with van der Waals surface area (Å²) < 4.78 is 45.0. The molecule has 0 radical (unpaired) electrons. The lowest BCUT2D eigenvalue weighted by Gasteiger charge is -2.24. The number of nitrogens with zero attached hydrogens (tertiary/aromatic N) is 3. The van der Waals surface area contributed by atoms with Crippen molar-refractivity contribution < 1.29 is 27.4 Å². The maximum atomic E-state index is 13.6. The topological polar surface area (TPSA) is 110 Å². The molecule has 10 heteroatoms. The molecule has 8 nitrogen and oxygen atoms in total. The smallest absolute Gasteiger partial charge is 0.305 e. The molecule has 190 valence electrons. The van der Waals surface area contributed by atoms with Crippen LogP contribution in [0.5, 0.6) is 0 Å². The summed E-state index contributed by atoms with van der Waals surface area (Å²) in [5, 5.41) is 9.16. The fourth-order valence-corrected chi connectivity index (χ4v) is 4.55. The first kappa shape index (κ1) is 26.7. The van der Waals surface area contributed by atoms with Gasteiger partial charge in [-0.05, 0) is 50.5 Å². The van der Waals surface area contributed by atoms with Crippen molar-refractivity contribution in [3.05, 3.63) is 47.4 Å². The number of carboxylic acid groups (broad SMARTS) is 1. The second-order valence-corrected chi connectivity index (χ2v) is 11.7. The Labute approximate surface area is 205 Å². The SMILES string of the molecule is CC(C)c1nc(N(C)S(C)(=O)=O)nc(-c2ccc(F)cc2)c1/C=C/C1CC(CC(=O)O)OC1(C)C. The van der Waals surface area contributed by atoms with E-state index in [1.165, 1.54) is 19.2 Å². The second kappa shape index (κ2) is 10.0. The Morgan fingerprint density at radius 3 is 2.46 bits per heavy atom. The van der Waals surface area contributed by atoms with Crippen LogP contribution < -0.4 is 4.31 Å². The van der Waals surface area contributed by atoms with Gasteiger partial charge in [0.05, 0.1) is 35.8 Å². The molecule has 1 N–H and O–H groups in total. The third-order valence-electron chi connectivity index (χ3n) is 6.18. The summed E-state index contributed by atoms with van der Waals surface area (Å²) in [6.45, 7) is 7.75. The third kappa shape index (κ3) is 6.24. The van der Waals surface area contributed by atoms with Gasteiger partial charge in [-0.1, -0.05) is 26.0 Å². The maximum absolute atomic E-state index is 13.6. The van der Waals surface area contributed by atoms with Gasteiger partial charge in [-0.3, -0.25) is 4.79 Å². The fraction of sp³-hybridized carbons (Fsp3) is 0.480. The molecule has 0 amide bonds. The molecule has 35 heavy (non-hydrogen) atoms. The Balaban J connectivity index is 2.15. The van der Waals surface area contributed by atoms with Gasteiger partial charge in [-0.2, -0.15) is 0 Å². The van der Waals surface area contributed by atoms with Crippen molar-refractivity contribution in [3.63, 3.8) is 0 Å². The number of ether oxygens (including phenoxy) is 1. The number of sulfonamides is 1. The molecule has 0 bridgehead atoms. The largest absolute Gasteiger partial charge is 0.481 e. The summed E-state index contributed by atoms with van der Waals surface area (Å²) in [7, 11) is -2.22. The molecular formula is C25H32FN3O5S. The summed E-state index contributed by atoms with van der Waals surface area (Å²) in [5.41, 5.74) is 1.85. The van der Waals surface area contributed by atoms with Gasteiger partial charge >= 0.3 is 5.97 Å². The van der Waals surface area contributed by atoms with E-state index in [1.54, 1.807) is 12.1 Å². The van der Waals surface area contributed by atoms with Gasteiger partial charge in [0.15, 0.2) is 0 Å². The highest BCUT2D eigenvalue weighted by molar-refractivity contribution is 7.92. The minimum absolute atomic E-state index is 0.0266. The first-order chi connectivity index (χ1) is 16.2. The highest BCUT2D eigenvalue weighted by Gasteiger charge is 2.40. The van der Waals surface area contributed by atoms with Crippen molar-refractivity contribution in [3.8, 4) is 11.3 Å². The van der Waals surface area contributed by atoms with Crippen LogP contribution >= 0.6 is 0 Å². The maximum Gasteiger partial charge on any atom is 0.305 e. The van der Waals surface area contributed by atoms with Crippen molar-refractivity contribution in [2.75, 3.05) is 17.6 Å². The molecular weight excluding hydrogens is 473 g/mol. The number of benzene rings is 1. The quantitative estimate of drug-likeness (QED) is 0.563. The Morgan fingerprint density at radius 2 is 1.91 bits per heavy atom. The molecule has 2 aromatic rings. The van der Waals surface area contributed by atoms with Crippen LogP contribution in [-0.4, -0.2) is 54.5 Å². The molecule has 1 aromatic carbocycles. The Morgan fingerprint density at radius 1 is 1.29 bits per heavy atom. The minimum Gasteiger partial charge on any atom is -0.481 e. The highest BCUT2D eigenvalue weighted by atomic mass is 32.2. The monoisotopic (exact) mass is 505 g/mol. The zero-order valence-corrected chi connectivity index (χ0v) is 21.6. The van der Waals surface area contributed by atoms with Crippen molar-refractivity contribution in [1.29, 1.82) is 0 Å². The first-order valence-corrected chi connectivity index (χ1v) is 13.2. The Kier molecular flexibility index (Phi) is 7.66. The molecule has 1 aliphatic rings. The van der Waals surface area contributed by atoms with E-state index >= 15 is 0 Å². The molecule has 1 saturated heterocycles. The molecule has 2 heterocycles. The van der Waals surface area contributed by atoms with Crippen LogP contribution in [0.15, 0.2) is 30.3 Å². The number of anilines is 1. The molecule has 3 rings (SSSR count). The van der Waals surface area contributed by atoms with Gasteiger partial charge in [-0.25, -0.2) is 27.1 Å². The van der Waals surface area contributed by atoms with Crippen molar-refractivity contribution in [2.24, 2.45) is 5.92 Å². The van der Waals surface area contributed by atoms with E-state index in [1.807, 2.05) is 39.8 Å². The lowest BCUT2D eigenvalue weighted by molar-refractivity contribution is -0.140. The van der Waals surface area contributed by atoms with Gasteiger partial charge in [0.25, 0.3) is 0 Å². The highest BCUT2D eigenvalue weighted by Crippen LogP contribution is 2.39. The van der Waals surface area contributed by atoms with Crippen molar-refractivity contribution in [1.82, 2.24) is 9.97 Å². The van der Waals surface area contributed by atoms with E-state index in [0.717, 1.165) is 10.6 Å². The number of rotatable bonds is 8. The van der Waals surface area contributed by atoms with E-state index in [-0.39, 0.29) is 30.3 Å². The number of halogens is 1. The molecule has 0 aliphatic carbocycles. The third-order valence-corrected chi connectivity index (χ3v) is 7.34. The fourth-order valence-electron chi connectivity index (χ4n) is 4.17. The first-order valence-electron chi connectivity index (χ1n) is 11.4. The number of carbonyl (C=O) groups is 1. The predicted octanol–water partition coefficient (Wildman–Crippen LogP) is 4.47.